The molecule has 2 rings (SSSR count). The zero-order chi connectivity index (χ0) is 12.8. The summed E-state index contributed by atoms with van der Waals surface area (Å²) in [5, 5.41) is 3.46. The molecule has 1 N–H and O–H groups in total. The largest absolute Gasteiger partial charge is 0.468 e. The lowest BCUT2D eigenvalue weighted by Gasteiger charge is -2.15. The zero-order valence-corrected chi connectivity index (χ0v) is 11.7. The molecule has 1 atom stereocenters. The third-order valence-corrected chi connectivity index (χ3v) is 4.11. The molecular weight excluding hydrogens is 242 g/mol. The van der Waals surface area contributed by atoms with E-state index >= 15 is 0 Å². The van der Waals surface area contributed by atoms with Crippen molar-refractivity contribution in [2.75, 3.05) is 12.3 Å². The Balaban J connectivity index is 2.00. The first-order chi connectivity index (χ1) is 8.81. The second-order valence-corrected chi connectivity index (χ2v) is 5.26. The average molecular weight is 261 g/mol. The molecule has 0 saturated carbocycles. The first-order valence-corrected chi connectivity index (χ1v) is 7.25. The van der Waals surface area contributed by atoms with Crippen LogP contribution < -0.4 is 5.32 Å². The summed E-state index contributed by atoms with van der Waals surface area (Å²) in [6.07, 6.45) is 1.73. The van der Waals surface area contributed by atoms with Gasteiger partial charge in [-0.15, -0.1) is 11.8 Å². The van der Waals surface area contributed by atoms with Gasteiger partial charge >= 0.3 is 0 Å². The molecule has 2 aromatic rings. The Morgan fingerprint density at radius 1 is 1.22 bits per heavy atom. The Hall–Kier alpha value is -1.19. The van der Waals surface area contributed by atoms with E-state index in [1.165, 1.54) is 10.5 Å². The predicted octanol–water partition coefficient (Wildman–Crippen LogP) is 4.03. The van der Waals surface area contributed by atoms with Crippen LogP contribution in [0.2, 0.25) is 0 Å². The predicted molar refractivity (Wildman–Crippen MR) is 77.0 cm³/mol. The van der Waals surface area contributed by atoms with Crippen molar-refractivity contribution in [1.82, 2.24) is 5.32 Å². The van der Waals surface area contributed by atoms with E-state index in [-0.39, 0.29) is 6.04 Å². The Kier molecular flexibility index (Phi) is 4.90. The van der Waals surface area contributed by atoms with Gasteiger partial charge in [0.2, 0.25) is 0 Å². The highest BCUT2D eigenvalue weighted by molar-refractivity contribution is 7.99. The number of benzene rings is 1. The van der Waals surface area contributed by atoms with Crippen molar-refractivity contribution in [3.8, 4) is 0 Å². The molecule has 0 amide bonds. The van der Waals surface area contributed by atoms with Gasteiger partial charge in [0.25, 0.3) is 0 Å². The van der Waals surface area contributed by atoms with Crippen molar-refractivity contribution in [1.29, 1.82) is 0 Å². The van der Waals surface area contributed by atoms with Crippen LogP contribution in [0, 0.1) is 6.92 Å². The first-order valence-electron chi connectivity index (χ1n) is 6.26. The van der Waals surface area contributed by atoms with Crippen LogP contribution in [0.25, 0.3) is 0 Å². The molecule has 0 fully saturated rings. The summed E-state index contributed by atoms with van der Waals surface area (Å²) in [5.74, 6) is 1.99. The topological polar surface area (TPSA) is 25.2 Å². The summed E-state index contributed by atoms with van der Waals surface area (Å²) >= 11 is 1.87. The molecule has 1 aromatic carbocycles. The van der Waals surface area contributed by atoms with Crippen LogP contribution in [0.1, 0.15) is 24.3 Å². The zero-order valence-electron chi connectivity index (χ0n) is 10.8. The molecule has 0 spiro atoms. The summed E-state index contributed by atoms with van der Waals surface area (Å²) < 4.78 is 5.49. The lowest BCUT2D eigenvalue weighted by atomic mass is 10.2. The lowest BCUT2D eigenvalue weighted by Crippen LogP contribution is -2.22. The van der Waals surface area contributed by atoms with Crippen LogP contribution in [-0.2, 0) is 0 Å². The fourth-order valence-electron chi connectivity index (χ4n) is 1.87. The molecule has 2 nitrogen and oxygen atoms in total. The standard InChI is InChI=1S/C15H19NOS/c1-3-16-13(14-8-6-10-17-14)11-18-15-9-5-4-7-12(15)2/h4-10,13,16H,3,11H2,1-2H3. The van der Waals surface area contributed by atoms with E-state index in [2.05, 4.69) is 43.4 Å². The fourth-order valence-corrected chi connectivity index (χ4v) is 2.97. The average Bonchev–Trinajstić information content (AvgIpc) is 2.90. The number of hydrogen-bond donors (Lipinski definition) is 1. The van der Waals surface area contributed by atoms with E-state index in [1.807, 2.05) is 23.9 Å². The number of thioether (sulfide) groups is 1. The Bertz CT molecular complexity index is 467. The van der Waals surface area contributed by atoms with Gasteiger partial charge in [-0.3, -0.25) is 0 Å². The molecule has 0 bridgehead atoms. The second kappa shape index (κ2) is 6.66. The fraction of sp³-hybridized carbons (Fsp3) is 0.333. The summed E-state index contributed by atoms with van der Waals surface area (Å²) in [7, 11) is 0. The summed E-state index contributed by atoms with van der Waals surface area (Å²) in [5.41, 5.74) is 1.33. The molecule has 0 aliphatic carbocycles. The van der Waals surface area contributed by atoms with Crippen molar-refractivity contribution < 1.29 is 4.42 Å². The Morgan fingerprint density at radius 3 is 2.72 bits per heavy atom. The Morgan fingerprint density at radius 2 is 2.06 bits per heavy atom. The SMILES string of the molecule is CCNC(CSc1ccccc1C)c1ccco1. The van der Waals surface area contributed by atoms with Crippen LogP contribution in [-0.4, -0.2) is 12.3 Å². The first kappa shape index (κ1) is 13.2. The molecule has 3 heteroatoms. The molecule has 0 aliphatic heterocycles. The van der Waals surface area contributed by atoms with E-state index in [1.54, 1.807) is 6.26 Å². The third kappa shape index (κ3) is 3.40. The van der Waals surface area contributed by atoms with Gasteiger partial charge in [-0.2, -0.15) is 0 Å². The molecule has 96 valence electrons. The number of furan rings is 1. The maximum Gasteiger partial charge on any atom is 0.121 e. The molecule has 18 heavy (non-hydrogen) atoms. The minimum absolute atomic E-state index is 0.273. The summed E-state index contributed by atoms with van der Waals surface area (Å²) in [4.78, 5) is 1.34. The summed E-state index contributed by atoms with van der Waals surface area (Å²) in [6.45, 7) is 5.21. The van der Waals surface area contributed by atoms with E-state index in [0.717, 1.165) is 18.1 Å². The van der Waals surface area contributed by atoms with Gasteiger partial charge in [0.1, 0.15) is 5.76 Å². The molecule has 0 aliphatic rings. The number of rotatable bonds is 6. The van der Waals surface area contributed by atoms with Gasteiger partial charge in [-0.25, -0.2) is 0 Å². The minimum Gasteiger partial charge on any atom is -0.468 e. The summed E-state index contributed by atoms with van der Waals surface area (Å²) in [6, 6.07) is 12.7. The van der Waals surface area contributed by atoms with E-state index in [9.17, 15) is 0 Å². The van der Waals surface area contributed by atoms with Gasteiger partial charge in [0, 0.05) is 10.6 Å². The minimum atomic E-state index is 0.273. The highest BCUT2D eigenvalue weighted by Crippen LogP contribution is 2.27. The molecule has 0 saturated heterocycles. The van der Waals surface area contributed by atoms with Gasteiger partial charge in [0.05, 0.1) is 12.3 Å². The maximum absolute atomic E-state index is 5.49. The quantitative estimate of drug-likeness (QED) is 0.795. The van der Waals surface area contributed by atoms with E-state index in [0.29, 0.717) is 0 Å². The van der Waals surface area contributed by atoms with Crippen molar-refractivity contribution in [2.45, 2.75) is 24.8 Å². The smallest absolute Gasteiger partial charge is 0.121 e. The van der Waals surface area contributed by atoms with Crippen molar-refractivity contribution in [2.24, 2.45) is 0 Å². The van der Waals surface area contributed by atoms with E-state index in [4.69, 9.17) is 4.42 Å². The molecule has 1 unspecified atom stereocenters. The van der Waals surface area contributed by atoms with Gasteiger partial charge < -0.3 is 9.73 Å². The van der Waals surface area contributed by atoms with Gasteiger partial charge in [-0.05, 0) is 37.2 Å². The normalized spacial score (nSPS) is 12.6. The Labute approximate surface area is 113 Å². The second-order valence-electron chi connectivity index (χ2n) is 4.20. The van der Waals surface area contributed by atoms with Gasteiger partial charge in [-0.1, -0.05) is 25.1 Å². The van der Waals surface area contributed by atoms with Crippen molar-refractivity contribution in [3.05, 3.63) is 54.0 Å². The lowest BCUT2D eigenvalue weighted by molar-refractivity contribution is 0.441. The highest BCUT2D eigenvalue weighted by Gasteiger charge is 2.13. The number of aryl methyl sites for hydroxylation is 1. The van der Waals surface area contributed by atoms with Crippen LogP contribution in [0.4, 0.5) is 0 Å². The van der Waals surface area contributed by atoms with Crippen LogP contribution in [0.5, 0.6) is 0 Å². The number of nitrogens with one attached hydrogen (secondary N) is 1. The van der Waals surface area contributed by atoms with E-state index < -0.39 is 0 Å². The molecule has 0 radical (unpaired) electrons. The molecular formula is C15H19NOS. The van der Waals surface area contributed by atoms with Crippen LogP contribution in [0.3, 0.4) is 0 Å². The molecule has 1 heterocycles. The monoisotopic (exact) mass is 261 g/mol. The maximum atomic E-state index is 5.49. The highest BCUT2D eigenvalue weighted by atomic mass is 32.2. The van der Waals surface area contributed by atoms with Crippen molar-refractivity contribution in [3.63, 3.8) is 0 Å². The van der Waals surface area contributed by atoms with Crippen molar-refractivity contribution >= 4 is 11.8 Å². The van der Waals surface area contributed by atoms with Gasteiger partial charge in [0.15, 0.2) is 0 Å². The molecule has 1 aromatic heterocycles. The third-order valence-electron chi connectivity index (χ3n) is 2.84. The van der Waals surface area contributed by atoms with Crippen LogP contribution >= 0.6 is 11.8 Å². The number of hydrogen-bond acceptors (Lipinski definition) is 3. The van der Waals surface area contributed by atoms with Crippen LogP contribution in [0.15, 0.2) is 52.0 Å².